The Bertz CT molecular complexity index is 701. The Morgan fingerprint density at radius 1 is 1.23 bits per heavy atom. The molecule has 2 aliphatic heterocycles. The lowest BCUT2D eigenvalue weighted by Gasteiger charge is -2.23. The molecule has 0 saturated carbocycles. The molecule has 22 heavy (non-hydrogen) atoms. The third-order valence-corrected chi connectivity index (χ3v) is 5.61. The normalized spacial score (nSPS) is 24.7. The first-order chi connectivity index (χ1) is 10.7. The number of carbonyl (C=O) groups is 1. The summed E-state index contributed by atoms with van der Waals surface area (Å²) in [7, 11) is 0. The molecule has 1 amide bonds. The van der Waals surface area contributed by atoms with Gasteiger partial charge in [0.1, 0.15) is 0 Å². The number of hydrogen-bond acceptors (Lipinski definition) is 5. The molecule has 114 valence electrons. The van der Waals surface area contributed by atoms with Gasteiger partial charge in [0, 0.05) is 48.7 Å². The number of aryl methyl sites for hydroxylation is 1. The molecule has 2 saturated heterocycles. The average Bonchev–Trinajstić information content (AvgIpc) is 3.20. The van der Waals surface area contributed by atoms with Crippen LogP contribution in [0.4, 0.5) is 10.9 Å². The minimum absolute atomic E-state index is 0.0498. The molecule has 0 radical (unpaired) electrons. The van der Waals surface area contributed by atoms with Gasteiger partial charge in [0.2, 0.25) is 11.9 Å². The predicted octanol–water partition coefficient (Wildman–Crippen LogP) is 2.48. The summed E-state index contributed by atoms with van der Waals surface area (Å²) < 4.78 is 0. The second-order valence-electron chi connectivity index (χ2n) is 6.26. The van der Waals surface area contributed by atoms with E-state index in [1.807, 2.05) is 11.0 Å². The van der Waals surface area contributed by atoms with E-state index in [0.29, 0.717) is 6.42 Å². The molecule has 0 bridgehead atoms. The fourth-order valence-corrected chi connectivity index (χ4v) is 4.38. The maximum Gasteiger partial charge on any atom is 0.228 e. The summed E-state index contributed by atoms with van der Waals surface area (Å²) in [5, 5.41) is 1.08. The van der Waals surface area contributed by atoms with Gasteiger partial charge in [-0.2, -0.15) is 0 Å². The van der Waals surface area contributed by atoms with E-state index in [-0.39, 0.29) is 11.3 Å². The summed E-state index contributed by atoms with van der Waals surface area (Å²) in [5.41, 5.74) is 0.0498. The minimum atomic E-state index is 0.0498. The monoisotopic (exact) mass is 314 g/mol. The van der Waals surface area contributed by atoms with Crippen LogP contribution in [0.1, 0.15) is 17.7 Å². The van der Waals surface area contributed by atoms with Crippen molar-refractivity contribution in [3.63, 3.8) is 0 Å². The highest BCUT2D eigenvalue weighted by molar-refractivity contribution is 7.16. The highest BCUT2D eigenvalue weighted by Gasteiger charge is 2.48. The Kier molecular flexibility index (Phi) is 3.14. The van der Waals surface area contributed by atoms with Crippen molar-refractivity contribution >= 4 is 28.2 Å². The van der Waals surface area contributed by atoms with Gasteiger partial charge in [0.25, 0.3) is 0 Å². The van der Waals surface area contributed by atoms with Gasteiger partial charge < -0.3 is 9.80 Å². The highest BCUT2D eigenvalue weighted by atomic mass is 32.1. The Morgan fingerprint density at radius 2 is 2.05 bits per heavy atom. The van der Waals surface area contributed by atoms with Crippen LogP contribution in [-0.2, 0) is 4.79 Å². The van der Waals surface area contributed by atoms with Gasteiger partial charge in [-0.25, -0.2) is 9.97 Å². The third kappa shape index (κ3) is 2.27. The number of nitrogens with zero attached hydrogens (tertiary/aromatic N) is 4. The van der Waals surface area contributed by atoms with E-state index in [2.05, 4.69) is 33.9 Å². The highest BCUT2D eigenvalue weighted by Crippen LogP contribution is 2.43. The molecular formula is C16H18N4OS. The van der Waals surface area contributed by atoms with Crippen molar-refractivity contribution in [3.05, 3.63) is 35.5 Å². The Morgan fingerprint density at radius 3 is 2.77 bits per heavy atom. The van der Waals surface area contributed by atoms with E-state index >= 15 is 0 Å². The van der Waals surface area contributed by atoms with E-state index in [0.717, 1.165) is 37.0 Å². The van der Waals surface area contributed by atoms with Crippen LogP contribution >= 0.6 is 11.3 Å². The molecule has 2 aliphatic rings. The van der Waals surface area contributed by atoms with Crippen LogP contribution < -0.4 is 9.80 Å². The molecule has 0 aromatic carbocycles. The second kappa shape index (κ2) is 5.05. The number of carbonyl (C=O) groups excluding carboxylic acids is 1. The standard InChI is InChI=1S/C16H18N4OS/c1-12-3-4-14(22-12)20-11-16(9-13(20)21)5-8-19(10-16)15-17-6-2-7-18-15/h2-4,6-7H,5,8-11H2,1H3. The number of rotatable bonds is 2. The molecule has 4 rings (SSSR count). The van der Waals surface area contributed by atoms with Crippen LogP contribution in [-0.4, -0.2) is 35.5 Å². The molecule has 6 heteroatoms. The largest absolute Gasteiger partial charge is 0.340 e. The maximum absolute atomic E-state index is 12.5. The number of amides is 1. The summed E-state index contributed by atoms with van der Waals surface area (Å²) in [4.78, 5) is 26.6. The quantitative estimate of drug-likeness (QED) is 0.854. The number of hydrogen-bond donors (Lipinski definition) is 0. The van der Waals surface area contributed by atoms with Crippen LogP contribution in [0.25, 0.3) is 0 Å². The lowest BCUT2D eigenvalue weighted by molar-refractivity contribution is -0.117. The van der Waals surface area contributed by atoms with Gasteiger partial charge in [-0.05, 0) is 31.5 Å². The van der Waals surface area contributed by atoms with Crippen molar-refractivity contribution in [2.75, 3.05) is 29.4 Å². The Hall–Kier alpha value is -1.95. The Labute approximate surface area is 133 Å². The predicted molar refractivity (Wildman–Crippen MR) is 87.3 cm³/mol. The smallest absolute Gasteiger partial charge is 0.228 e. The molecule has 1 unspecified atom stereocenters. The average molecular weight is 314 g/mol. The molecule has 4 heterocycles. The lowest BCUT2D eigenvalue weighted by atomic mass is 9.86. The van der Waals surface area contributed by atoms with E-state index in [4.69, 9.17) is 0 Å². The SMILES string of the molecule is Cc1ccc(N2CC3(CCN(c4ncccn4)C3)CC2=O)s1. The van der Waals surface area contributed by atoms with Crippen molar-refractivity contribution in [1.82, 2.24) is 9.97 Å². The van der Waals surface area contributed by atoms with Crippen LogP contribution in [0.5, 0.6) is 0 Å². The van der Waals surface area contributed by atoms with E-state index in [1.54, 1.807) is 23.7 Å². The van der Waals surface area contributed by atoms with Crippen molar-refractivity contribution in [1.29, 1.82) is 0 Å². The van der Waals surface area contributed by atoms with Crippen LogP contribution in [0.2, 0.25) is 0 Å². The van der Waals surface area contributed by atoms with E-state index in [9.17, 15) is 4.79 Å². The first-order valence-corrected chi connectivity index (χ1v) is 8.36. The van der Waals surface area contributed by atoms with Crippen molar-refractivity contribution in [3.8, 4) is 0 Å². The van der Waals surface area contributed by atoms with Gasteiger partial charge in [-0.15, -0.1) is 11.3 Å². The lowest BCUT2D eigenvalue weighted by Crippen LogP contribution is -2.31. The van der Waals surface area contributed by atoms with Crippen molar-refractivity contribution in [2.45, 2.75) is 19.8 Å². The molecule has 1 spiro atoms. The fraction of sp³-hybridized carbons (Fsp3) is 0.438. The molecular weight excluding hydrogens is 296 g/mol. The summed E-state index contributed by atoms with van der Waals surface area (Å²) >= 11 is 1.69. The molecule has 2 aromatic heterocycles. The first-order valence-electron chi connectivity index (χ1n) is 7.54. The summed E-state index contributed by atoms with van der Waals surface area (Å²) in [6.07, 6.45) is 5.20. The van der Waals surface area contributed by atoms with Crippen molar-refractivity contribution < 1.29 is 4.79 Å². The zero-order valence-corrected chi connectivity index (χ0v) is 13.3. The molecule has 5 nitrogen and oxygen atoms in total. The third-order valence-electron chi connectivity index (χ3n) is 4.59. The van der Waals surface area contributed by atoms with Crippen LogP contribution in [0.3, 0.4) is 0 Å². The molecule has 1 atom stereocenters. The van der Waals surface area contributed by atoms with Crippen molar-refractivity contribution in [2.24, 2.45) is 5.41 Å². The summed E-state index contributed by atoms with van der Waals surface area (Å²) in [6, 6.07) is 5.97. The van der Waals surface area contributed by atoms with E-state index in [1.165, 1.54) is 4.88 Å². The summed E-state index contributed by atoms with van der Waals surface area (Å²) in [6.45, 7) is 4.68. The van der Waals surface area contributed by atoms with E-state index < -0.39 is 0 Å². The van der Waals surface area contributed by atoms with Gasteiger partial charge in [-0.3, -0.25) is 4.79 Å². The van der Waals surface area contributed by atoms with Gasteiger partial charge in [0.15, 0.2) is 0 Å². The number of aromatic nitrogens is 2. The molecule has 0 N–H and O–H groups in total. The molecule has 2 fully saturated rings. The first kappa shape index (κ1) is 13.7. The van der Waals surface area contributed by atoms with Crippen LogP contribution in [0, 0.1) is 12.3 Å². The Balaban J connectivity index is 1.53. The van der Waals surface area contributed by atoms with Gasteiger partial charge in [-0.1, -0.05) is 0 Å². The molecule has 0 aliphatic carbocycles. The zero-order chi connectivity index (χ0) is 15.2. The van der Waals surface area contributed by atoms with Gasteiger partial charge >= 0.3 is 0 Å². The topological polar surface area (TPSA) is 49.3 Å². The van der Waals surface area contributed by atoms with Gasteiger partial charge in [0.05, 0.1) is 5.00 Å². The zero-order valence-electron chi connectivity index (χ0n) is 12.5. The molecule has 2 aromatic rings. The maximum atomic E-state index is 12.5. The number of anilines is 2. The fourth-order valence-electron chi connectivity index (χ4n) is 3.50. The summed E-state index contributed by atoms with van der Waals surface area (Å²) in [5.74, 6) is 1.02. The second-order valence-corrected chi connectivity index (χ2v) is 7.53. The minimum Gasteiger partial charge on any atom is -0.340 e. The number of thiophene rings is 1. The van der Waals surface area contributed by atoms with Crippen LogP contribution in [0.15, 0.2) is 30.6 Å².